The molecule has 0 aliphatic carbocycles. The Balaban J connectivity index is 1.76. The van der Waals surface area contributed by atoms with Crippen molar-refractivity contribution >= 4 is 18.2 Å². The Morgan fingerprint density at radius 1 is 1.17 bits per heavy atom. The molecule has 5 nitrogen and oxygen atoms in total. The van der Waals surface area contributed by atoms with Gasteiger partial charge < -0.3 is 4.74 Å². The number of carbonyl (C=O) groups excluding carboxylic acids is 1. The van der Waals surface area contributed by atoms with Crippen molar-refractivity contribution in [3.05, 3.63) is 71.8 Å². The molecule has 5 heteroatoms. The average Bonchev–Trinajstić information content (AvgIpc) is 2.60. The van der Waals surface area contributed by atoms with E-state index in [1.54, 1.807) is 30.3 Å². The van der Waals surface area contributed by atoms with E-state index in [-0.39, 0.29) is 6.61 Å². The van der Waals surface area contributed by atoms with Crippen molar-refractivity contribution in [2.45, 2.75) is 0 Å². The standard InChI is InChI=1S/C18H15N3O2/c19-13-16-10-4-5-11-17(16)23-14-18(22)21-20-12-6-9-15-7-2-1-3-8-15/h1-12H,14H2,(H,21,22). The van der Waals surface area contributed by atoms with Crippen LogP contribution in [0.5, 0.6) is 5.75 Å². The van der Waals surface area contributed by atoms with Gasteiger partial charge in [-0.15, -0.1) is 0 Å². The first-order valence-electron chi connectivity index (χ1n) is 6.95. The number of nitrogens with zero attached hydrogens (tertiary/aromatic N) is 2. The smallest absolute Gasteiger partial charge is 0.277 e. The van der Waals surface area contributed by atoms with Crippen molar-refractivity contribution in [3.8, 4) is 11.8 Å². The number of allylic oxidation sites excluding steroid dienone is 1. The minimum Gasteiger partial charge on any atom is -0.482 e. The summed E-state index contributed by atoms with van der Waals surface area (Å²) in [6.07, 6.45) is 5.07. The lowest BCUT2D eigenvalue weighted by Crippen LogP contribution is -2.24. The normalized spacial score (nSPS) is 10.6. The lowest BCUT2D eigenvalue weighted by atomic mass is 10.2. The van der Waals surface area contributed by atoms with Gasteiger partial charge in [-0.25, -0.2) is 5.43 Å². The SMILES string of the molecule is N#Cc1ccccc1OCC(=O)NN=CC=Cc1ccccc1. The van der Waals surface area contributed by atoms with Gasteiger partial charge in [0, 0.05) is 6.21 Å². The second-order valence-electron chi connectivity index (χ2n) is 4.48. The number of carbonyl (C=O) groups is 1. The van der Waals surface area contributed by atoms with E-state index in [2.05, 4.69) is 10.5 Å². The van der Waals surface area contributed by atoms with Crippen LogP contribution in [0.3, 0.4) is 0 Å². The lowest BCUT2D eigenvalue weighted by Gasteiger charge is -2.05. The number of rotatable bonds is 6. The number of nitrogens with one attached hydrogen (secondary N) is 1. The molecule has 0 aromatic heterocycles. The van der Waals surface area contributed by atoms with Crippen LogP contribution in [-0.4, -0.2) is 18.7 Å². The molecule has 114 valence electrons. The fraction of sp³-hybridized carbons (Fsp3) is 0.0556. The number of hydrogen-bond acceptors (Lipinski definition) is 4. The van der Waals surface area contributed by atoms with Gasteiger partial charge in [0.25, 0.3) is 5.91 Å². The fourth-order valence-electron chi connectivity index (χ4n) is 1.73. The van der Waals surface area contributed by atoms with Crippen molar-refractivity contribution in [2.24, 2.45) is 5.10 Å². The molecule has 0 bridgehead atoms. The molecule has 0 saturated carbocycles. The van der Waals surface area contributed by atoms with Crippen molar-refractivity contribution in [3.63, 3.8) is 0 Å². The Kier molecular flexibility index (Phi) is 6.12. The number of benzene rings is 2. The molecule has 0 spiro atoms. The molecule has 23 heavy (non-hydrogen) atoms. The van der Waals surface area contributed by atoms with E-state index in [1.807, 2.05) is 42.5 Å². The Hall–Kier alpha value is -3.39. The molecule has 2 rings (SSSR count). The predicted molar refractivity (Wildman–Crippen MR) is 88.8 cm³/mol. The van der Waals surface area contributed by atoms with Crippen LogP contribution in [0.4, 0.5) is 0 Å². The third kappa shape index (κ3) is 5.48. The number of para-hydroxylation sites is 1. The van der Waals surface area contributed by atoms with Gasteiger partial charge in [-0.1, -0.05) is 48.5 Å². The first-order valence-corrected chi connectivity index (χ1v) is 6.95. The molecule has 0 saturated heterocycles. The van der Waals surface area contributed by atoms with Crippen LogP contribution in [0.1, 0.15) is 11.1 Å². The summed E-state index contributed by atoms with van der Waals surface area (Å²) in [7, 11) is 0. The summed E-state index contributed by atoms with van der Waals surface area (Å²) in [6, 6.07) is 18.5. The van der Waals surface area contributed by atoms with Crippen LogP contribution in [0.25, 0.3) is 6.08 Å². The fourth-order valence-corrected chi connectivity index (χ4v) is 1.73. The predicted octanol–water partition coefficient (Wildman–Crippen LogP) is 2.75. The molecule has 1 N–H and O–H groups in total. The van der Waals surface area contributed by atoms with E-state index in [1.165, 1.54) is 6.21 Å². The van der Waals surface area contributed by atoms with Crippen molar-refractivity contribution in [2.75, 3.05) is 6.61 Å². The summed E-state index contributed by atoms with van der Waals surface area (Å²) in [5.41, 5.74) is 3.78. The minimum absolute atomic E-state index is 0.210. The van der Waals surface area contributed by atoms with Gasteiger partial charge in [0.15, 0.2) is 6.61 Å². The molecule has 0 radical (unpaired) electrons. The van der Waals surface area contributed by atoms with E-state index in [0.717, 1.165) is 5.56 Å². The maximum absolute atomic E-state index is 11.6. The number of hydrazone groups is 1. The number of hydrogen-bond donors (Lipinski definition) is 1. The van der Waals surface area contributed by atoms with E-state index in [0.29, 0.717) is 11.3 Å². The monoisotopic (exact) mass is 305 g/mol. The largest absolute Gasteiger partial charge is 0.482 e. The highest BCUT2D eigenvalue weighted by Crippen LogP contribution is 2.15. The van der Waals surface area contributed by atoms with Crippen LogP contribution < -0.4 is 10.2 Å². The highest BCUT2D eigenvalue weighted by atomic mass is 16.5. The van der Waals surface area contributed by atoms with Gasteiger partial charge in [0.2, 0.25) is 0 Å². The van der Waals surface area contributed by atoms with Gasteiger partial charge in [-0.2, -0.15) is 10.4 Å². The van der Waals surface area contributed by atoms with Gasteiger partial charge in [0.05, 0.1) is 5.56 Å². The zero-order chi connectivity index (χ0) is 16.3. The molecule has 0 aliphatic heterocycles. The first-order chi connectivity index (χ1) is 11.3. The second-order valence-corrected chi connectivity index (χ2v) is 4.48. The molecule has 0 fully saturated rings. The molecule has 0 atom stereocenters. The Labute approximate surface area is 134 Å². The Morgan fingerprint density at radius 3 is 2.70 bits per heavy atom. The highest BCUT2D eigenvalue weighted by molar-refractivity contribution is 5.82. The van der Waals surface area contributed by atoms with Gasteiger partial charge in [-0.3, -0.25) is 4.79 Å². The Bertz CT molecular complexity index is 746. The molecule has 0 heterocycles. The number of amides is 1. The second kappa shape index (κ2) is 8.80. The molecule has 2 aromatic carbocycles. The third-order valence-corrected chi connectivity index (χ3v) is 2.80. The lowest BCUT2D eigenvalue weighted by molar-refractivity contribution is -0.123. The molecular weight excluding hydrogens is 290 g/mol. The number of ether oxygens (including phenoxy) is 1. The maximum Gasteiger partial charge on any atom is 0.277 e. The van der Waals surface area contributed by atoms with Crippen molar-refractivity contribution in [1.82, 2.24) is 5.43 Å². The van der Waals surface area contributed by atoms with Crippen LogP contribution in [0.2, 0.25) is 0 Å². The summed E-state index contributed by atoms with van der Waals surface area (Å²) in [5.74, 6) is -0.0276. The zero-order valence-electron chi connectivity index (χ0n) is 12.3. The number of nitriles is 1. The molecule has 0 aliphatic rings. The van der Waals surface area contributed by atoms with Gasteiger partial charge >= 0.3 is 0 Å². The summed E-state index contributed by atoms with van der Waals surface area (Å²) in [4.78, 5) is 11.6. The average molecular weight is 305 g/mol. The quantitative estimate of drug-likeness (QED) is 0.658. The van der Waals surface area contributed by atoms with Crippen molar-refractivity contribution < 1.29 is 9.53 Å². The van der Waals surface area contributed by atoms with E-state index >= 15 is 0 Å². The third-order valence-electron chi connectivity index (χ3n) is 2.80. The van der Waals surface area contributed by atoms with Crippen LogP contribution >= 0.6 is 0 Å². The van der Waals surface area contributed by atoms with Gasteiger partial charge in [-0.05, 0) is 23.8 Å². The molecule has 2 aromatic rings. The van der Waals surface area contributed by atoms with Crippen LogP contribution in [-0.2, 0) is 4.79 Å². The first kappa shape index (κ1) is 16.0. The molecular formula is C18H15N3O2. The molecule has 1 amide bonds. The van der Waals surface area contributed by atoms with Crippen molar-refractivity contribution in [1.29, 1.82) is 5.26 Å². The topological polar surface area (TPSA) is 74.5 Å². The summed E-state index contributed by atoms with van der Waals surface area (Å²) in [6.45, 7) is -0.210. The Morgan fingerprint density at radius 2 is 1.91 bits per heavy atom. The summed E-state index contributed by atoms with van der Waals surface area (Å²) in [5, 5.41) is 12.7. The van der Waals surface area contributed by atoms with E-state index in [4.69, 9.17) is 10.00 Å². The van der Waals surface area contributed by atoms with Crippen LogP contribution in [0, 0.1) is 11.3 Å². The summed E-state index contributed by atoms with van der Waals surface area (Å²) >= 11 is 0. The molecule has 0 unspecified atom stereocenters. The summed E-state index contributed by atoms with van der Waals surface area (Å²) < 4.78 is 5.29. The maximum atomic E-state index is 11.6. The van der Waals surface area contributed by atoms with E-state index < -0.39 is 5.91 Å². The zero-order valence-corrected chi connectivity index (χ0v) is 12.3. The van der Waals surface area contributed by atoms with Crippen LogP contribution in [0.15, 0.2) is 65.8 Å². The van der Waals surface area contributed by atoms with Gasteiger partial charge in [0.1, 0.15) is 11.8 Å². The minimum atomic E-state index is -0.401. The van der Waals surface area contributed by atoms with E-state index in [9.17, 15) is 4.79 Å². The highest BCUT2D eigenvalue weighted by Gasteiger charge is 2.04.